The molecular weight excluding hydrogens is 254 g/mol. The standard InChI is InChI=1S/C15H19N3O2/c19-14(17-9-11-7-16-8-11)10-18-13-4-2-1-3-12(13)5-6-15(18)20/h1-4,11,16H,5-10H2,(H,17,19). The first kappa shape index (κ1) is 13.1. The number of nitrogens with zero attached hydrogens (tertiary/aromatic N) is 1. The first-order valence-corrected chi connectivity index (χ1v) is 7.10. The van der Waals surface area contributed by atoms with E-state index in [-0.39, 0.29) is 18.4 Å². The maximum atomic E-state index is 12.0. The molecule has 5 nitrogen and oxygen atoms in total. The summed E-state index contributed by atoms with van der Waals surface area (Å²) >= 11 is 0. The lowest BCUT2D eigenvalue weighted by atomic mass is 10.0. The highest BCUT2D eigenvalue weighted by Crippen LogP contribution is 2.26. The molecular formula is C15H19N3O2. The molecule has 2 heterocycles. The van der Waals surface area contributed by atoms with Crippen molar-refractivity contribution in [3.05, 3.63) is 29.8 Å². The Balaban J connectivity index is 1.63. The molecule has 1 aromatic rings. The van der Waals surface area contributed by atoms with Crippen molar-refractivity contribution in [2.24, 2.45) is 5.92 Å². The van der Waals surface area contributed by atoms with E-state index in [1.165, 1.54) is 0 Å². The molecule has 0 atom stereocenters. The maximum Gasteiger partial charge on any atom is 0.240 e. The van der Waals surface area contributed by atoms with Gasteiger partial charge in [0.15, 0.2) is 0 Å². The fourth-order valence-corrected chi connectivity index (χ4v) is 2.62. The molecule has 0 aliphatic carbocycles. The Morgan fingerprint density at radius 2 is 2.10 bits per heavy atom. The highest BCUT2D eigenvalue weighted by Gasteiger charge is 2.26. The highest BCUT2D eigenvalue weighted by atomic mass is 16.2. The second-order valence-corrected chi connectivity index (χ2v) is 5.44. The lowest BCUT2D eigenvalue weighted by molar-refractivity contribution is -0.124. The highest BCUT2D eigenvalue weighted by molar-refractivity contribution is 6.00. The summed E-state index contributed by atoms with van der Waals surface area (Å²) in [6.45, 7) is 2.74. The van der Waals surface area contributed by atoms with Gasteiger partial charge in [-0.2, -0.15) is 0 Å². The Bertz CT molecular complexity index is 526. The summed E-state index contributed by atoms with van der Waals surface area (Å²) in [5, 5.41) is 6.08. The number of carbonyl (C=O) groups excluding carboxylic acids is 2. The molecule has 3 rings (SSSR count). The molecule has 2 aliphatic heterocycles. The predicted molar refractivity (Wildman–Crippen MR) is 76.5 cm³/mol. The van der Waals surface area contributed by atoms with Gasteiger partial charge in [0, 0.05) is 37.7 Å². The van der Waals surface area contributed by atoms with Gasteiger partial charge in [-0.05, 0) is 18.1 Å². The van der Waals surface area contributed by atoms with E-state index in [1.54, 1.807) is 4.90 Å². The van der Waals surface area contributed by atoms with Gasteiger partial charge in [0.2, 0.25) is 11.8 Å². The van der Waals surface area contributed by atoms with E-state index in [0.717, 1.165) is 30.8 Å². The molecule has 1 fully saturated rings. The van der Waals surface area contributed by atoms with Crippen LogP contribution in [-0.2, 0) is 16.0 Å². The quantitative estimate of drug-likeness (QED) is 0.829. The van der Waals surface area contributed by atoms with Crippen molar-refractivity contribution < 1.29 is 9.59 Å². The summed E-state index contributed by atoms with van der Waals surface area (Å²) < 4.78 is 0. The van der Waals surface area contributed by atoms with Gasteiger partial charge in [0.25, 0.3) is 0 Å². The van der Waals surface area contributed by atoms with Crippen molar-refractivity contribution in [2.75, 3.05) is 31.1 Å². The van der Waals surface area contributed by atoms with Crippen molar-refractivity contribution in [1.29, 1.82) is 0 Å². The molecule has 20 heavy (non-hydrogen) atoms. The largest absolute Gasteiger partial charge is 0.354 e. The lowest BCUT2D eigenvalue weighted by Crippen LogP contribution is -2.50. The molecule has 0 bridgehead atoms. The van der Waals surface area contributed by atoms with Gasteiger partial charge in [0.1, 0.15) is 6.54 Å². The van der Waals surface area contributed by atoms with Crippen LogP contribution in [0.25, 0.3) is 0 Å². The minimum absolute atomic E-state index is 0.0316. The van der Waals surface area contributed by atoms with Crippen molar-refractivity contribution in [3.63, 3.8) is 0 Å². The zero-order valence-corrected chi connectivity index (χ0v) is 11.4. The Morgan fingerprint density at radius 3 is 2.85 bits per heavy atom. The molecule has 0 aromatic heterocycles. The van der Waals surface area contributed by atoms with Gasteiger partial charge >= 0.3 is 0 Å². The SMILES string of the molecule is O=C(CN1C(=O)CCc2ccccc21)NCC1CNC1. The fourth-order valence-electron chi connectivity index (χ4n) is 2.62. The molecule has 5 heteroatoms. The molecule has 1 saturated heterocycles. The number of para-hydroxylation sites is 1. The summed E-state index contributed by atoms with van der Waals surface area (Å²) in [5.41, 5.74) is 2.02. The van der Waals surface area contributed by atoms with E-state index in [2.05, 4.69) is 10.6 Å². The second kappa shape index (κ2) is 5.63. The lowest BCUT2D eigenvalue weighted by Gasteiger charge is -2.30. The van der Waals surface area contributed by atoms with E-state index in [0.29, 0.717) is 18.9 Å². The Kier molecular flexibility index (Phi) is 3.69. The van der Waals surface area contributed by atoms with Crippen LogP contribution in [0.1, 0.15) is 12.0 Å². The van der Waals surface area contributed by atoms with E-state index >= 15 is 0 Å². The number of carbonyl (C=O) groups is 2. The van der Waals surface area contributed by atoms with E-state index < -0.39 is 0 Å². The summed E-state index contributed by atoms with van der Waals surface area (Å²) in [5.74, 6) is 0.481. The first-order valence-electron chi connectivity index (χ1n) is 7.10. The monoisotopic (exact) mass is 273 g/mol. The van der Waals surface area contributed by atoms with Crippen LogP contribution in [0.2, 0.25) is 0 Å². The number of amides is 2. The molecule has 2 aliphatic rings. The number of hydrogen-bond acceptors (Lipinski definition) is 3. The minimum atomic E-state index is -0.0815. The van der Waals surface area contributed by atoms with Gasteiger partial charge in [-0.3, -0.25) is 9.59 Å². The third-order valence-electron chi connectivity index (χ3n) is 3.95. The van der Waals surface area contributed by atoms with Gasteiger partial charge in [0.05, 0.1) is 0 Å². The molecule has 0 saturated carbocycles. The predicted octanol–water partition coefficient (Wildman–Crippen LogP) is 0.301. The maximum absolute atomic E-state index is 12.0. The van der Waals surface area contributed by atoms with E-state index in [4.69, 9.17) is 0 Å². The van der Waals surface area contributed by atoms with Crippen molar-refractivity contribution >= 4 is 17.5 Å². The number of aryl methyl sites for hydroxylation is 1. The fraction of sp³-hybridized carbons (Fsp3) is 0.467. The Morgan fingerprint density at radius 1 is 1.30 bits per heavy atom. The normalized spacial score (nSPS) is 18.4. The van der Waals surface area contributed by atoms with Gasteiger partial charge in [-0.1, -0.05) is 18.2 Å². The summed E-state index contributed by atoms with van der Waals surface area (Å²) in [4.78, 5) is 25.6. The molecule has 0 spiro atoms. The van der Waals surface area contributed by atoms with E-state index in [9.17, 15) is 9.59 Å². The third-order valence-corrected chi connectivity index (χ3v) is 3.95. The summed E-state index contributed by atoms with van der Waals surface area (Å²) in [6.07, 6.45) is 1.25. The van der Waals surface area contributed by atoms with E-state index in [1.807, 2.05) is 24.3 Å². The van der Waals surface area contributed by atoms with Crippen molar-refractivity contribution in [1.82, 2.24) is 10.6 Å². The first-order chi connectivity index (χ1) is 9.74. The Hall–Kier alpha value is -1.88. The molecule has 2 amide bonds. The molecule has 0 unspecified atom stereocenters. The van der Waals surface area contributed by atoms with Crippen LogP contribution in [0.3, 0.4) is 0 Å². The molecule has 2 N–H and O–H groups in total. The molecule has 106 valence electrons. The van der Waals surface area contributed by atoms with Crippen LogP contribution in [-0.4, -0.2) is 38.0 Å². The van der Waals surface area contributed by atoms with Crippen molar-refractivity contribution in [2.45, 2.75) is 12.8 Å². The smallest absolute Gasteiger partial charge is 0.240 e. The second-order valence-electron chi connectivity index (χ2n) is 5.44. The topological polar surface area (TPSA) is 61.4 Å². The van der Waals surface area contributed by atoms with Crippen LogP contribution in [0.15, 0.2) is 24.3 Å². The number of anilines is 1. The van der Waals surface area contributed by atoms with Gasteiger partial charge in [-0.25, -0.2) is 0 Å². The average Bonchev–Trinajstić information content (AvgIpc) is 2.40. The number of nitrogens with one attached hydrogen (secondary N) is 2. The van der Waals surface area contributed by atoms with Crippen molar-refractivity contribution in [3.8, 4) is 0 Å². The van der Waals surface area contributed by atoms with Gasteiger partial charge in [-0.15, -0.1) is 0 Å². The number of hydrogen-bond donors (Lipinski definition) is 2. The zero-order chi connectivity index (χ0) is 13.9. The van der Waals surface area contributed by atoms with Crippen LogP contribution in [0, 0.1) is 5.92 Å². The van der Waals surface area contributed by atoms with Crippen LogP contribution in [0.4, 0.5) is 5.69 Å². The van der Waals surface area contributed by atoms with Crippen LogP contribution < -0.4 is 15.5 Å². The van der Waals surface area contributed by atoms with Crippen LogP contribution in [0.5, 0.6) is 0 Å². The summed E-state index contributed by atoms with van der Waals surface area (Å²) in [7, 11) is 0. The molecule has 1 aromatic carbocycles. The minimum Gasteiger partial charge on any atom is -0.354 e. The number of fused-ring (bicyclic) bond motifs is 1. The third kappa shape index (κ3) is 2.67. The Labute approximate surface area is 118 Å². The summed E-state index contributed by atoms with van der Waals surface area (Å²) in [6, 6.07) is 7.81. The van der Waals surface area contributed by atoms with Gasteiger partial charge < -0.3 is 15.5 Å². The average molecular weight is 273 g/mol. The molecule has 0 radical (unpaired) electrons. The number of rotatable bonds is 4. The van der Waals surface area contributed by atoms with Crippen LogP contribution >= 0.6 is 0 Å². The zero-order valence-electron chi connectivity index (χ0n) is 11.4. The number of benzene rings is 1.